The maximum absolute atomic E-state index is 13.1. The topological polar surface area (TPSA) is 233 Å². The van der Waals surface area contributed by atoms with E-state index in [1.165, 1.54) is 6.92 Å². The van der Waals surface area contributed by atoms with Gasteiger partial charge < -0.3 is 49.2 Å². The molecule has 0 radical (unpaired) electrons. The summed E-state index contributed by atoms with van der Waals surface area (Å²) in [6.45, 7) is 8.76. The van der Waals surface area contributed by atoms with Gasteiger partial charge in [-0.15, -0.1) is 0 Å². The molecule has 15 heteroatoms. The second-order valence-corrected chi connectivity index (χ2v) is 15.9. The van der Waals surface area contributed by atoms with Gasteiger partial charge in [0, 0.05) is 26.2 Å². The van der Waals surface area contributed by atoms with Gasteiger partial charge in [0.15, 0.2) is 0 Å². The quantitative estimate of drug-likeness (QED) is 0.0269. The maximum Gasteiger partial charge on any atom is 0.309 e. The molecule has 5 N–H and O–H groups in total. The Morgan fingerprint density at radius 2 is 0.797 bits per heavy atom. The molecular formula is C44H80O15. The average molecular weight is 849 g/mol. The lowest BCUT2D eigenvalue weighted by Gasteiger charge is -2.25. The third kappa shape index (κ3) is 32.6. The van der Waals surface area contributed by atoms with Crippen molar-refractivity contribution in [1.29, 1.82) is 0 Å². The van der Waals surface area contributed by atoms with Gasteiger partial charge in [-0.25, -0.2) is 0 Å². The molecule has 15 nitrogen and oxygen atoms in total. The van der Waals surface area contributed by atoms with Crippen LogP contribution in [0.3, 0.4) is 0 Å². The Labute approximate surface area is 353 Å². The number of carbonyl (C=O) groups is 5. The second-order valence-electron chi connectivity index (χ2n) is 15.9. The Morgan fingerprint density at radius 1 is 0.424 bits per heavy atom. The van der Waals surface area contributed by atoms with Crippen LogP contribution in [0.25, 0.3) is 0 Å². The normalized spacial score (nSPS) is 15.5. The van der Waals surface area contributed by atoms with E-state index in [9.17, 15) is 44.4 Å². The number of unbranched alkanes of at least 4 members (excludes halogenated alkanes) is 8. The lowest BCUT2D eigenvalue weighted by Crippen LogP contribution is -2.32. The Balaban J connectivity index is 5.46. The second kappa shape index (κ2) is 35.9. The summed E-state index contributed by atoms with van der Waals surface area (Å²) in [7, 11) is 0. The molecule has 0 aromatic carbocycles. The van der Waals surface area contributed by atoms with Gasteiger partial charge in [-0.05, 0) is 51.4 Å². The fourth-order valence-electron chi connectivity index (χ4n) is 6.84. The van der Waals surface area contributed by atoms with Crippen LogP contribution in [-0.2, 0) is 47.7 Å². The number of esters is 5. The molecular weight excluding hydrogens is 768 g/mol. The predicted molar refractivity (Wildman–Crippen MR) is 221 cm³/mol. The summed E-state index contributed by atoms with van der Waals surface area (Å²) in [6, 6.07) is 0. The van der Waals surface area contributed by atoms with Crippen molar-refractivity contribution in [1.82, 2.24) is 0 Å². The summed E-state index contributed by atoms with van der Waals surface area (Å²) in [4.78, 5) is 62.9. The number of aliphatic hydroxyl groups excluding tert-OH is 5. The third-order valence-corrected chi connectivity index (χ3v) is 9.85. The van der Waals surface area contributed by atoms with Crippen molar-refractivity contribution in [2.45, 2.75) is 238 Å². The highest BCUT2D eigenvalue weighted by atomic mass is 16.6. The van der Waals surface area contributed by atoms with Crippen LogP contribution in [0.2, 0.25) is 0 Å². The predicted octanol–water partition coefficient (Wildman–Crippen LogP) is 6.07. The molecule has 0 aromatic rings. The number of carbonyl (C=O) groups excluding carboxylic acids is 5. The molecule has 0 saturated carbocycles. The van der Waals surface area contributed by atoms with E-state index in [0.29, 0.717) is 38.5 Å². The number of rotatable bonds is 38. The average Bonchev–Trinajstić information content (AvgIpc) is 3.13. The Morgan fingerprint density at radius 3 is 1.17 bits per heavy atom. The van der Waals surface area contributed by atoms with Gasteiger partial charge in [0.2, 0.25) is 0 Å². The van der Waals surface area contributed by atoms with Crippen LogP contribution in [0.5, 0.6) is 0 Å². The molecule has 0 bridgehead atoms. The molecule has 0 fully saturated rings. The Bertz CT molecular complexity index is 1120. The molecule has 0 aliphatic carbocycles. The molecule has 0 aliphatic rings. The molecule has 0 heterocycles. The highest BCUT2D eigenvalue weighted by Crippen LogP contribution is 2.22. The van der Waals surface area contributed by atoms with Crippen LogP contribution < -0.4 is 0 Å². The summed E-state index contributed by atoms with van der Waals surface area (Å²) in [6.07, 6.45) is 3.48. The lowest BCUT2D eigenvalue weighted by molar-refractivity contribution is -0.159. The fourth-order valence-corrected chi connectivity index (χ4v) is 6.84. The van der Waals surface area contributed by atoms with E-state index in [2.05, 4.69) is 6.92 Å². The molecule has 0 aromatic heterocycles. The first-order valence-electron chi connectivity index (χ1n) is 22.4. The number of ether oxygens (including phenoxy) is 5. The van der Waals surface area contributed by atoms with Gasteiger partial charge in [-0.3, -0.25) is 24.0 Å². The number of hydrogen-bond acceptors (Lipinski definition) is 15. The monoisotopic (exact) mass is 849 g/mol. The van der Waals surface area contributed by atoms with E-state index in [1.807, 2.05) is 20.8 Å². The van der Waals surface area contributed by atoms with Crippen molar-refractivity contribution in [3.05, 3.63) is 0 Å². The smallest absolute Gasteiger partial charge is 0.309 e. The van der Waals surface area contributed by atoms with E-state index < -0.39 is 85.1 Å². The fraction of sp³-hybridized carbons (Fsp3) is 0.886. The van der Waals surface area contributed by atoms with Gasteiger partial charge in [0.05, 0.1) is 56.7 Å². The van der Waals surface area contributed by atoms with Gasteiger partial charge in [0.1, 0.15) is 31.0 Å². The molecule has 0 saturated heterocycles. The van der Waals surface area contributed by atoms with Crippen LogP contribution in [0, 0.1) is 0 Å². The summed E-state index contributed by atoms with van der Waals surface area (Å²) in [5.74, 6) is -3.36. The lowest BCUT2D eigenvalue weighted by atomic mass is 10.0. The van der Waals surface area contributed by atoms with Crippen LogP contribution in [0.4, 0.5) is 0 Å². The first kappa shape index (κ1) is 56.1. The third-order valence-electron chi connectivity index (χ3n) is 9.85. The molecule has 0 rings (SSSR count). The minimum absolute atomic E-state index is 0.0170. The molecule has 0 aliphatic heterocycles. The SMILES string of the molecule is CCCCCC(O)CC(O)CC(=O)OC(CCCCC)CC(O)CC(=O)OC(CCCCC)CC(O)CC(=O)OC(CCCCC)CC(CC(=O)OCCO)OC(C)=O. The zero-order chi connectivity index (χ0) is 44.4. The Kier molecular flexibility index (Phi) is 34.1. The van der Waals surface area contributed by atoms with Crippen molar-refractivity contribution >= 4 is 29.8 Å². The van der Waals surface area contributed by atoms with Gasteiger partial charge >= 0.3 is 29.8 Å². The zero-order valence-electron chi connectivity index (χ0n) is 36.8. The van der Waals surface area contributed by atoms with E-state index in [-0.39, 0.29) is 58.2 Å². The first-order valence-corrected chi connectivity index (χ1v) is 22.4. The molecule has 8 atom stereocenters. The van der Waals surface area contributed by atoms with E-state index >= 15 is 0 Å². The van der Waals surface area contributed by atoms with Crippen molar-refractivity contribution in [2.75, 3.05) is 13.2 Å². The largest absolute Gasteiger partial charge is 0.463 e. The first-order chi connectivity index (χ1) is 28.1. The minimum atomic E-state index is -1.23. The molecule has 346 valence electrons. The van der Waals surface area contributed by atoms with Crippen molar-refractivity contribution in [2.24, 2.45) is 0 Å². The summed E-state index contributed by atoms with van der Waals surface area (Å²) < 4.78 is 27.3. The van der Waals surface area contributed by atoms with Crippen molar-refractivity contribution < 1.29 is 73.2 Å². The highest BCUT2D eigenvalue weighted by molar-refractivity contribution is 5.72. The minimum Gasteiger partial charge on any atom is -0.463 e. The summed E-state index contributed by atoms with van der Waals surface area (Å²) in [5, 5.41) is 51.4. The summed E-state index contributed by atoms with van der Waals surface area (Å²) >= 11 is 0. The van der Waals surface area contributed by atoms with Crippen molar-refractivity contribution in [3.8, 4) is 0 Å². The molecule has 0 spiro atoms. The maximum atomic E-state index is 13.1. The standard InChI is InChI=1S/C44H80O15/c1-6-10-14-18-33(47)24-34(48)27-42(52)57-37(19-15-11-7-2)25-35(49)28-43(53)58-38(20-16-12-8-3)26-36(50)29-44(54)59-39(21-17-13-9-4)30-40(56-32(5)46)31-41(51)55-23-22-45/h33-40,45,47-50H,6-31H2,1-5H3. The molecule has 59 heavy (non-hydrogen) atoms. The summed E-state index contributed by atoms with van der Waals surface area (Å²) in [5.41, 5.74) is 0. The van der Waals surface area contributed by atoms with Crippen LogP contribution >= 0.6 is 0 Å². The van der Waals surface area contributed by atoms with E-state index in [0.717, 1.165) is 64.2 Å². The van der Waals surface area contributed by atoms with Gasteiger partial charge in [0.25, 0.3) is 0 Å². The van der Waals surface area contributed by atoms with E-state index in [4.69, 9.17) is 28.8 Å². The molecule has 8 unspecified atom stereocenters. The highest BCUT2D eigenvalue weighted by Gasteiger charge is 2.29. The van der Waals surface area contributed by atoms with Crippen LogP contribution in [0.1, 0.15) is 189 Å². The van der Waals surface area contributed by atoms with Gasteiger partial charge in [-0.1, -0.05) is 85.5 Å². The van der Waals surface area contributed by atoms with E-state index in [1.54, 1.807) is 0 Å². The Hall–Kier alpha value is -2.85. The van der Waals surface area contributed by atoms with Crippen LogP contribution in [0.15, 0.2) is 0 Å². The zero-order valence-corrected chi connectivity index (χ0v) is 36.8. The van der Waals surface area contributed by atoms with Crippen molar-refractivity contribution in [3.63, 3.8) is 0 Å². The van der Waals surface area contributed by atoms with Crippen LogP contribution in [-0.4, -0.2) is 117 Å². The number of aliphatic hydroxyl groups is 5. The molecule has 0 amide bonds. The number of hydrogen-bond donors (Lipinski definition) is 5. The van der Waals surface area contributed by atoms with Gasteiger partial charge in [-0.2, -0.15) is 0 Å².